The fraction of sp³-hybridized carbons (Fsp3) is 0.125. The van der Waals surface area contributed by atoms with E-state index in [4.69, 9.17) is 5.73 Å². The van der Waals surface area contributed by atoms with Crippen LogP contribution >= 0.6 is 11.8 Å². The number of pyridine rings is 1. The van der Waals surface area contributed by atoms with Crippen molar-refractivity contribution in [2.45, 2.75) is 5.16 Å². The number of nitrogens with two attached hydrogens (primary N) is 1. The van der Waals surface area contributed by atoms with E-state index in [1.54, 1.807) is 18.3 Å². The van der Waals surface area contributed by atoms with Crippen LogP contribution in [0.15, 0.2) is 40.4 Å². The molecule has 4 aromatic rings. The van der Waals surface area contributed by atoms with Gasteiger partial charge in [-0.2, -0.15) is 0 Å². The van der Waals surface area contributed by atoms with Crippen molar-refractivity contribution in [1.82, 2.24) is 15.0 Å². The Morgan fingerprint density at radius 1 is 1.22 bits per heavy atom. The molecule has 23 heavy (non-hydrogen) atoms. The monoisotopic (exact) mass is 328 g/mol. The number of nitrogens with zero attached hydrogens (tertiary/aromatic N) is 1. The minimum Gasteiger partial charge on any atom is -0.332 e. The average Bonchev–Trinajstić information content (AvgIpc) is 2.97. The molecule has 2 aromatic heterocycles. The first kappa shape index (κ1) is 14.2. The molecule has 0 bridgehead atoms. The molecule has 0 saturated carbocycles. The lowest BCUT2D eigenvalue weighted by Gasteiger charge is -2.05. The summed E-state index contributed by atoms with van der Waals surface area (Å²) in [6.07, 6.45) is 1.59. The summed E-state index contributed by atoms with van der Waals surface area (Å²) >= 11 is 1.52. The number of aromatic nitrogens is 3. The van der Waals surface area contributed by atoms with Gasteiger partial charge in [0.1, 0.15) is 5.82 Å². The number of halogens is 1. The second kappa shape index (κ2) is 5.36. The summed E-state index contributed by atoms with van der Waals surface area (Å²) in [5, 5.41) is 3.25. The van der Waals surface area contributed by atoms with Crippen molar-refractivity contribution in [3.05, 3.63) is 46.6 Å². The van der Waals surface area contributed by atoms with Gasteiger partial charge in [0, 0.05) is 34.7 Å². The second-order valence-corrected chi connectivity index (χ2v) is 6.27. The average molecular weight is 328 g/mol. The molecule has 5 nitrogen and oxygen atoms in total. The van der Waals surface area contributed by atoms with Crippen molar-refractivity contribution in [1.29, 1.82) is 0 Å². The number of hydrogen-bond acceptors (Lipinski definition) is 4. The molecule has 7 heteroatoms. The third-order valence-electron chi connectivity index (χ3n) is 3.77. The maximum Gasteiger partial charge on any atom is 0.256 e. The van der Waals surface area contributed by atoms with Gasteiger partial charge in [-0.3, -0.25) is 4.79 Å². The van der Waals surface area contributed by atoms with Crippen molar-refractivity contribution in [3.63, 3.8) is 0 Å². The highest BCUT2D eigenvalue weighted by Gasteiger charge is 2.15. The van der Waals surface area contributed by atoms with Gasteiger partial charge in [0.15, 0.2) is 5.16 Å². The van der Waals surface area contributed by atoms with E-state index in [2.05, 4.69) is 15.0 Å². The van der Waals surface area contributed by atoms with Gasteiger partial charge in [-0.15, -0.1) is 0 Å². The molecule has 0 atom stereocenters. The maximum atomic E-state index is 13.7. The molecule has 116 valence electrons. The van der Waals surface area contributed by atoms with Gasteiger partial charge in [-0.1, -0.05) is 11.8 Å². The van der Waals surface area contributed by atoms with Gasteiger partial charge in [0.2, 0.25) is 0 Å². The Hall–Kier alpha value is -2.38. The Morgan fingerprint density at radius 3 is 2.91 bits per heavy atom. The molecule has 4 rings (SSSR count). The van der Waals surface area contributed by atoms with Gasteiger partial charge >= 0.3 is 0 Å². The maximum absolute atomic E-state index is 13.7. The van der Waals surface area contributed by atoms with E-state index in [0.29, 0.717) is 17.3 Å². The van der Waals surface area contributed by atoms with Crippen molar-refractivity contribution >= 4 is 44.3 Å². The Kier molecular flexibility index (Phi) is 3.32. The lowest BCUT2D eigenvalue weighted by atomic mass is 10.0. The topological polar surface area (TPSA) is 87.6 Å². The van der Waals surface area contributed by atoms with Crippen LogP contribution in [0.25, 0.3) is 32.6 Å². The van der Waals surface area contributed by atoms with E-state index in [-0.39, 0.29) is 11.4 Å². The lowest BCUT2D eigenvalue weighted by Crippen LogP contribution is -2.05. The molecule has 0 aliphatic heterocycles. The summed E-state index contributed by atoms with van der Waals surface area (Å²) in [4.78, 5) is 22.8. The first-order valence-corrected chi connectivity index (χ1v) is 8.13. The smallest absolute Gasteiger partial charge is 0.256 e. The largest absolute Gasteiger partial charge is 0.332 e. The zero-order valence-electron chi connectivity index (χ0n) is 12.0. The minimum absolute atomic E-state index is 0.245. The Balaban J connectivity index is 2.20. The molecule has 0 spiro atoms. The van der Waals surface area contributed by atoms with Crippen LogP contribution in [0.4, 0.5) is 4.39 Å². The van der Waals surface area contributed by atoms with Crippen LogP contribution in [-0.4, -0.2) is 27.2 Å². The highest BCUT2D eigenvalue weighted by molar-refractivity contribution is 7.99. The molecule has 0 fully saturated rings. The quantitative estimate of drug-likeness (QED) is 0.399. The molecule has 0 radical (unpaired) electrons. The SMILES string of the molecule is NCCSc1nc2c3ccc(F)cc3c3c(=O)[nH]ccc3c2[nH]1. The second-order valence-electron chi connectivity index (χ2n) is 5.19. The predicted molar refractivity (Wildman–Crippen MR) is 91.5 cm³/mol. The molecule has 0 amide bonds. The zero-order valence-corrected chi connectivity index (χ0v) is 12.8. The van der Waals surface area contributed by atoms with Gasteiger partial charge in [-0.05, 0) is 24.3 Å². The van der Waals surface area contributed by atoms with Crippen molar-refractivity contribution in [2.24, 2.45) is 5.73 Å². The number of benzene rings is 2. The standard InChI is InChI=1S/C16H13FN4OS/c17-8-1-2-9-11(7-8)12-10(3-5-19-15(12)22)14-13(9)20-16(21-14)23-6-4-18/h1-3,5,7H,4,6,18H2,(H,19,22)(H,20,21). The third kappa shape index (κ3) is 2.20. The molecule has 0 aliphatic rings. The number of nitrogens with one attached hydrogen (secondary N) is 2. The fourth-order valence-corrected chi connectivity index (χ4v) is 3.49. The molecule has 0 aliphatic carbocycles. The predicted octanol–water partition coefficient (Wildman–Crippen LogP) is 2.75. The summed E-state index contributed by atoms with van der Waals surface area (Å²) in [7, 11) is 0. The van der Waals surface area contributed by atoms with Crippen LogP contribution in [0.1, 0.15) is 0 Å². The molecular weight excluding hydrogens is 315 g/mol. The number of aromatic amines is 2. The molecule has 0 unspecified atom stereocenters. The van der Waals surface area contributed by atoms with E-state index in [1.165, 1.54) is 23.9 Å². The van der Waals surface area contributed by atoms with Crippen LogP contribution < -0.4 is 11.3 Å². The first-order valence-electron chi connectivity index (χ1n) is 7.14. The summed E-state index contributed by atoms with van der Waals surface area (Å²) in [5.41, 5.74) is 6.81. The van der Waals surface area contributed by atoms with Gasteiger partial charge in [-0.25, -0.2) is 9.37 Å². The van der Waals surface area contributed by atoms with Crippen LogP contribution in [-0.2, 0) is 0 Å². The molecule has 2 aromatic carbocycles. The first-order chi connectivity index (χ1) is 11.2. The van der Waals surface area contributed by atoms with E-state index in [9.17, 15) is 9.18 Å². The van der Waals surface area contributed by atoms with Gasteiger partial charge < -0.3 is 15.7 Å². The van der Waals surface area contributed by atoms with E-state index >= 15 is 0 Å². The normalized spacial score (nSPS) is 11.7. The Morgan fingerprint density at radius 2 is 2.09 bits per heavy atom. The van der Waals surface area contributed by atoms with E-state index in [1.807, 2.05) is 0 Å². The lowest BCUT2D eigenvalue weighted by molar-refractivity contribution is 0.630. The van der Waals surface area contributed by atoms with E-state index < -0.39 is 0 Å². The van der Waals surface area contributed by atoms with Crippen LogP contribution in [0.3, 0.4) is 0 Å². The Labute approximate surface area is 134 Å². The van der Waals surface area contributed by atoms with Crippen molar-refractivity contribution in [3.8, 4) is 0 Å². The van der Waals surface area contributed by atoms with Crippen LogP contribution in [0.2, 0.25) is 0 Å². The number of thioether (sulfide) groups is 1. The Bertz CT molecular complexity index is 1100. The highest BCUT2D eigenvalue weighted by Crippen LogP contribution is 2.33. The summed E-state index contributed by atoms with van der Waals surface area (Å²) in [5.74, 6) is 0.361. The number of fused-ring (bicyclic) bond motifs is 6. The fourth-order valence-electron chi connectivity index (χ4n) is 2.85. The van der Waals surface area contributed by atoms with E-state index in [0.717, 1.165) is 32.7 Å². The zero-order chi connectivity index (χ0) is 16.0. The van der Waals surface area contributed by atoms with Crippen LogP contribution in [0.5, 0.6) is 0 Å². The molecule has 2 heterocycles. The number of hydrogen-bond donors (Lipinski definition) is 3. The van der Waals surface area contributed by atoms with Crippen LogP contribution in [0, 0.1) is 5.82 Å². The van der Waals surface area contributed by atoms with Crippen molar-refractivity contribution < 1.29 is 4.39 Å². The molecule has 4 N–H and O–H groups in total. The summed E-state index contributed by atoms with van der Waals surface area (Å²) in [6, 6.07) is 6.23. The van der Waals surface area contributed by atoms with Gasteiger partial charge in [0.25, 0.3) is 5.56 Å². The molecule has 0 saturated heterocycles. The number of H-pyrrole nitrogens is 2. The summed E-state index contributed by atoms with van der Waals surface area (Å²) in [6.45, 7) is 0.550. The van der Waals surface area contributed by atoms with Crippen molar-refractivity contribution in [2.75, 3.05) is 12.3 Å². The minimum atomic E-state index is -0.380. The highest BCUT2D eigenvalue weighted by atomic mass is 32.2. The third-order valence-corrected chi connectivity index (χ3v) is 4.68. The number of rotatable bonds is 3. The number of imidazole rings is 1. The van der Waals surface area contributed by atoms with Gasteiger partial charge in [0.05, 0.1) is 16.4 Å². The summed E-state index contributed by atoms with van der Waals surface area (Å²) < 4.78 is 13.7. The molecular formula is C16H13FN4OS.